The van der Waals surface area contributed by atoms with E-state index in [1.54, 1.807) is 35.2 Å². The second-order valence-corrected chi connectivity index (χ2v) is 5.63. The van der Waals surface area contributed by atoms with Crippen LogP contribution in [0.4, 0.5) is 5.69 Å². The summed E-state index contributed by atoms with van der Waals surface area (Å²) in [5.41, 5.74) is 2.65. The van der Waals surface area contributed by atoms with Crippen molar-refractivity contribution in [1.29, 1.82) is 5.26 Å². The van der Waals surface area contributed by atoms with Crippen molar-refractivity contribution in [2.24, 2.45) is 0 Å². The Balaban J connectivity index is 1.71. The Kier molecular flexibility index (Phi) is 5.65. The van der Waals surface area contributed by atoms with Crippen molar-refractivity contribution in [3.8, 4) is 17.5 Å². The van der Waals surface area contributed by atoms with Crippen LogP contribution in [0.1, 0.15) is 18.1 Å². The molecule has 1 heterocycles. The van der Waals surface area contributed by atoms with Gasteiger partial charge in [0.15, 0.2) is 0 Å². The highest BCUT2D eigenvalue weighted by Crippen LogP contribution is 2.25. The zero-order chi connectivity index (χ0) is 19.1. The van der Waals surface area contributed by atoms with Crippen molar-refractivity contribution in [3.63, 3.8) is 0 Å². The number of hydrogen-bond donors (Lipinski definition) is 1. The van der Waals surface area contributed by atoms with Gasteiger partial charge >= 0.3 is 0 Å². The zero-order valence-corrected chi connectivity index (χ0v) is 14.8. The summed E-state index contributed by atoms with van der Waals surface area (Å²) in [4.78, 5) is 12.3. The van der Waals surface area contributed by atoms with E-state index in [2.05, 4.69) is 16.5 Å². The van der Waals surface area contributed by atoms with Gasteiger partial charge in [-0.25, -0.2) is 4.68 Å². The molecule has 0 aliphatic heterocycles. The largest absolute Gasteiger partial charge is 0.492 e. The molecule has 0 saturated carbocycles. The van der Waals surface area contributed by atoms with Crippen LogP contribution in [0.15, 0.2) is 67.0 Å². The number of para-hydroxylation sites is 1. The summed E-state index contributed by atoms with van der Waals surface area (Å²) in [6.45, 7) is 2.32. The number of rotatable bonds is 6. The molecule has 0 atom stereocenters. The molecule has 2 aromatic carbocycles. The summed E-state index contributed by atoms with van der Waals surface area (Å²) in [5.74, 6) is 0.202. The molecule has 6 nitrogen and oxygen atoms in total. The van der Waals surface area contributed by atoms with Gasteiger partial charge in [-0.3, -0.25) is 4.79 Å². The molecule has 0 bridgehead atoms. The molecule has 6 heteroatoms. The van der Waals surface area contributed by atoms with E-state index in [4.69, 9.17) is 10.00 Å². The number of ether oxygens (including phenoxy) is 1. The predicted molar refractivity (Wildman–Crippen MR) is 104 cm³/mol. The Morgan fingerprint density at radius 3 is 2.85 bits per heavy atom. The van der Waals surface area contributed by atoms with Crippen LogP contribution >= 0.6 is 0 Å². The summed E-state index contributed by atoms with van der Waals surface area (Å²) in [7, 11) is 0. The number of amides is 1. The first kappa shape index (κ1) is 18.0. The van der Waals surface area contributed by atoms with Crippen molar-refractivity contribution in [3.05, 3.63) is 78.1 Å². The molecule has 0 fully saturated rings. The average Bonchev–Trinajstić information content (AvgIpc) is 3.18. The van der Waals surface area contributed by atoms with Gasteiger partial charge in [0.2, 0.25) is 5.91 Å². The highest BCUT2D eigenvalue weighted by Gasteiger charge is 2.08. The maximum absolute atomic E-state index is 12.3. The van der Waals surface area contributed by atoms with Gasteiger partial charge in [-0.1, -0.05) is 18.2 Å². The van der Waals surface area contributed by atoms with Crippen molar-refractivity contribution >= 4 is 17.7 Å². The summed E-state index contributed by atoms with van der Waals surface area (Å²) in [6.07, 6.45) is 6.61. The molecule has 1 aromatic heterocycles. The highest BCUT2D eigenvalue weighted by molar-refractivity contribution is 6.02. The Hall–Kier alpha value is -3.85. The molecule has 0 spiro atoms. The number of benzene rings is 2. The number of aromatic nitrogens is 2. The van der Waals surface area contributed by atoms with E-state index in [1.807, 2.05) is 43.5 Å². The number of nitrogens with one attached hydrogen (secondary N) is 1. The SMILES string of the molecule is CCOc1ccc(C#N)cc1NC(=O)/C=C/c1cnn(-c2ccccc2)c1. The van der Waals surface area contributed by atoms with Crippen molar-refractivity contribution < 1.29 is 9.53 Å². The van der Waals surface area contributed by atoms with Gasteiger partial charge in [0.1, 0.15) is 5.75 Å². The van der Waals surface area contributed by atoms with Gasteiger partial charge in [-0.05, 0) is 43.3 Å². The fraction of sp³-hybridized carbons (Fsp3) is 0.0952. The Morgan fingerprint density at radius 1 is 1.30 bits per heavy atom. The summed E-state index contributed by atoms with van der Waals surface area (Å²) in [5, 5.41) is 16.1. The quantitative estimate of drug-likeness (QED) is 0.680. The van der Waals surface area contributed by atoms with Crippen LogP contribution in [0.3, 0.4) is 0 Å². The number of anilines is 1. The van der Waals surface area contributed by atoms with Gasteiger partial charge < -0.3 is 10.1 Å². The lowest BCUT2D eigenvalue weighted by molar-refractivity contribution is -0.111. The number of carbonyl (C=O) groups is 1. The maximum atomic E-state index is 12.3. The average molecular weight is 358 g/mol. The topological polar surface area (TPSA) is 79.9 Å². The van der Waals surface area contributed by atoms with Crippen LogP contribution in [0.2, 0.25) is 0 Å². The van der Waals surface area contributed by atoms with Crippen molar-refractivity contribution in [2.45, 2.75) is 6.92 Å². The predicted octanol–water partition coefficient (Wildman–Crippen LogP) is 3.79. The van der Waals surface area contributed by atoms with E-state index in [0.717, 1.165) is 11.3 Å². The molecule has 1 amide bonds. The minimum atomic E-state index is -0.321. The molecular weight excluding hydrogens is 340 g/mol. The van der Waals surface area contributed by atoms with E-state index in [-0.39, 0.29) is 5.91 Å². The molecule has 0 aliphatic rings. The molecule has 3 aromatic rings. The molecule has 3 rings (SSSR count). The van der Waals surface area contributed by atoms with Gasteiger partial charge in [0, 0.05) is 17.8 Å². The molecule has 27 heavy (non-hydrogen) atoms. The summed E-state index contributed by atoms with van der Waals surface area (Å²) < 4.78 is 7.23. The van der Waals surface area contributed by atoms with E-state index >= 15 is 0 Å². The summed E-state index contributed by atoms with van der Waals surface area (Å²) >= 11 is 0. The molecule has 0 radical (unpaired) electrons. The molecule has 0 saturated heterocycles. The van der Waals surface area contributed by atoms with E-state index < -0.39 is 0 Å². The van der Waals surface area contributed by atoms with Crippen LogP contribution in [-0.2, 0) is 4.79 Å². The monoisotopic (exact) mass is 358 g/mol. The number of hydrogen-bond acceptors (Lipinski definition) is 4. The van der Waals surface area contributed by atoms with Gasteiger partial charge in [-0.15, -0.1) is 0 Å². The lowest BCUT2D eigenvalue weighted by atomic mass is 10.2. The lowest BCUT2D eigenvalue weighted by Crippen LogP contribution is -2.09. The first-order valence-corrected chi connectivity index (χ1v) is 8.45. The highest BCUT2D eigenvalue weighted by atomic mass is 16.5. The van der Waals surface area contributed by atoms with Crippen molar-refractivity contribution in [2.75, 3.05) is 11.9 Å². The Morgan fingerprint density at radius 2 is 2.11 bits per heavy atom. The zero-order valence-electron chi connectivity index (χ0n) is 14.8. The van der Waals surface area contributed by atoms with E-state index in [0.29, 0.717) is 23.6 Å². The van der Waals surface area contributed by atoms with Crippen LogP contribution in [0.25, 0.3) is 11.8 Å². The smallest absolute Gasteiger partial charge is 0.248 e. The molecule has 134 valence electrons. The first-order chi connectivity index (χ1) is 13.2. The second-order valence-electron chi connectivity index (χ2n) is 5.63. The number of nitriles is 1. The van der Waals surface area contributed by atoms with Crippen LogP contribution in [-0.4, -0.2) is 22.3 Å². The standard InChI is InChI=1S/C21H18N4O2/c1-2-27-20-10-8-16(13-22)12-19(20)24-21(26)11-9-17-14-23-25(15-17)18-6-4-3-5-7-18/h3-12,14-15H,2H2,1H3,(H,24,26)/b11-9+. The second kappa shape index (κ2) is 8.50. The summed E-state index contributed by atoms with van der Waals surface area (Å²) in [6, 6.07) is 16.7. The Labute approximate surface area is 157 Å². The minimum absolute atomic E-state index is 0.321. The minimum Gasteiger partial charge on any atom is -0.492 e. The molecule has 0 aliphatic carbocycles. The first-order valence-electron chi connectivity index (χ1n) is 8.45. The van der Waals surface area contributed by atoms with E-state index in [1.165, 1.54) is 6.08 Å². The third kappa shape index (κ3) is 4.61. The van der Waals surface area contributed by atoms with Gasteiger partial charge in [0.05, 0.1) is 35.8 Å². The van der Waals surface area contributed by atoms with Gasteiger partial charge in [-0.2, -0.15) is 10.4 Å². The number of nitrogens with zero attached hydrogens (tertiary/aromatic N) is 3. The van der Waals surface area contributed by atoms with Crippen LogP contribution in [0.5, 0.6) is 5.75 Å². The van der Waals surface area contributed by atoms with Crippen LogP contribution < -0.4 is 10.1 Å². The maximum Gasteiger partial charge on any atom is 0.248 e. The number of carbonyl (C=O) groups excluding carboxylic acids is 1. The normalized spacial score (nSPS) is 10.5. The van der Waals surface area contributed by atoms with E-state index in [9.17, 15) is 4.79 Å². The van der Waals surface area contributed by atoms with Gasteiger partial charge in [0.25, 0.3) is 0 Å². The fourth-order valence-corrected chi connectivity index (χ4v) is 2.47. The fourth-order valence-electron chi connectivity index (χ4n) is 2.47. The Bertz CT molecular complexity index is 1000. The lowest BCUT2D eigenvalue weighted by Gasteiger charge is -2.10. The molecule has 0 unspecified atom stereocenters. The third-order valence-electron chi connectivity index (χ3n) is 3.72. The van der Waals surface area contributed by atoms with Crippen molar-refractivity contribution in [1.82, 2.24) is 9.78 Å². The van der Waals surface area contributed by atoms with Crippen LogP contribution in [0, 0.1) is 11.3 Å². The third-order valence-corrected chi connectivity index (χ3v) is 3.72. The molecule has 1 N–H and O–H groups in total. The molecular formula is C21H18N4O2.